The SMILES string of the molecule is NCc1cnn(-c2ccc(F)cc2)c1Cl. The van der Waals surface area contributed by atoms with E-state index in [0.29, 0.717) is 17.4 Å². The van der Waals surface area contributed by atoms with E-state index in [1.54, 1.807) is 18.3 Å². The molecular weight excluding hydrogens is 217 g/mol. The zero-order chi connectivity index (χ0) is 10.8. The molecule has 1 aromatic heterocycles. The first-order valence-corrected chi connectivity index (χ1v) is 4.78. The average molecular weight is 226 g/mol. The molecule has 0 amide bonds. The Morgan fingerprint density at radius 2 is 2.00 bits per heavy atom. The second-order valence-corrected chi connectivity index (χ2v) is 3.41. The summed E-state index contributed by atoms with van der Waals surface area (Å²) in [5.41, 5.74) is 6.94. The quantitative estimate of drug-likeness (QED) is 0.851. The maximum absolute atomic E-state index is 12.7. The third kappa shape index (κ3) is 1.86. The van der Waals surface area contributed by atoms with Crippen LogP contribution in [0.5, 0.6) is 0 Å². The summed E-state index contributed by atoms with van der Waals surface area (Å²) in [5.74, 6) is -0.291. The van der Waals surface area contributed by atoms with E-state index in [1.807, 2.05) is 0 Å². The van der Waals surface area contributed by atoms with Crippen LogP contribution in [-0.4, -0.2) is 9.78 Å². The van der Waals surface area contributed by atoms with Crippen molar-refractivity contribution in [3.63, 3.8) is 0 Å². The van der Waals surface area contributed by atoms with Crippen LogP contribution in [0.25, 0.3) is 5.69 Å². The lowest BCUT2D eigenvalue weighted by Crippen LogP contribution is -1.98. The fourth-order valence-corrected chi connectivity index (χ4v) is 1.53. The van der Waals surface area contributed by atoms with Gasteiger partial charge in [-0.3, -0.25) is 0 Å². The lowest BCUT2D eigenvalue weighted by molar-refractivity contribution is 0.627. The van der Waals surface area contributed by atoms with Gasteiger partial charge in [0, 0.05) is 12.1 Å². The number of hydrogen-bond donors (Lipinski definition) is 1. The molecule has 0 aliphatic carbocycles. The number of hydrogen-bond acceptors (Lipinski definition) is 2. The molecule has 0 atom stereocenters. The molecule has 0 bridgehead atoms. The van der Waals surface area contributed by atoms with Gasteiger partial charge in [0.05, 0.1) is 11.9 Å². The first-order chi connectivity index (χ1) is 7.22. The van der Waals surface area contributed by atoms with E-state index in [2.05, 4.69) is 5.10 Å². The van der Waals surface area contributed by atoms with Gasteiger partial charge in [0.15, 0.2) is 0 Å². The minimum Gasteiger partial charge on any atom is -0.326 e. The standard InChI is InChI=1S/C10H9ClFN3/c11-10-7(5-13)6-14-15(10)9-3-1-8(12)2-4-9/h1-4,6H,5,13H2. The molecule has 5 heteroatoms. The monoisotopic (exact) mass is 225 g/mol. The van der Waals surface area contributed by atoms with E-state index in [-0.39, 0.29) is 5.82 Å². The zero-order valence-corrected chi connectivity index (χ0v) is 8.58. The molecule has 15 heavy (non-hydrogen) atoms. The Balaban J connectivity index is 2.45. The van der Waals surface area contributed by atoms with Crippen LogP contribution in [0.4, 0.5) is 4.39 Å². The Labute approximate surface area is 91.3 Å². The minimum atomic E-state index is -0.291. The number of rotatable bonds is 2. The van der Waals surface area contributed by atoms with Gasteiger partial charge >= 0.3 is 0 Å². The zero-order valence-electron chi connectivity index (χ0n) is 7.82. The molecule has 0 unspecified atom stereocenters. The summed E-state index contributed by atoms with van der Waals surface area (Å²) in [4.78, 5) is 0. The Kier molecular flexibility index (Phi) is 2.70. The highest BCUT2D eigenvalue weighted by atomic mass is 35.5. The molecule has 2 rings (SSSR count). The summed E-state index contributed by atoms with van der Waals surface area (Å²) >= 11 is 6.03. The predicted octanol–water partition coefficient (Wildman–Crippen LogP) is 2.12. The summed E-state index contributed by atoms with van der Waals surface area (Å²) in [6.45, 7) is 0.333. The van der Waals surface area contributed by atoms with Gasteiger partial charge in [0.2, 0.25) is 0 Å². The van der Waals surface area contributed by atoms with E-state index in [1.165, 1.54) is 16.8 Å². The Morgan fingerprint density at radius 1 is 1.33 bits per heavy atom. The van der Waals surface area contributed by atoms with Crippen LogP contribution in [0, 0.1) is 5.82 Å². The molecule has 0 spiro atoms. The number of nitrogens with two attached hydrogens (primary N) is 1. The molecule has 0 fully saturated rings. The van der Waals surface area contributed by atoms with Crippen LogP contribution in [0.1, 0.15) is 5.56 Å². The van der Waals surface area contributed by atoms with Gasteiger partial charge in [0.1, 0.15) is 11.0 Å². The van der Waals surface area contributed by atoms with Gasteiger partial charge < -0.3 is 5.73 Å². The van der Waals surface area contributed by atoms with E-state index in [9.17, 15) is 4.39 Å². The van der Waals surface area contributed by atoms with Gasteiger partial charge in [-0.25, -0.2) is 9.07 Å². The molecule has 0 radical (unpaired) electrons. The fourth-order valence-electron chi connectivity index (χ4n) is 1.27. The van der Waals surface area contributed by atoms with Gasteiger partial charge in [-0.15, -0.1) is 0 Å². The molecular formula is C10H9ClFN3. The minimum absolute atomic E-state index is 0.291. The predicted molar refractivity (Wildman–Crippen MR) is 56.4 cm³/mol. The number of halogens is 2. The van der Waals surface area contributed by atoms with Crippen LogP contribution < -0.4 is 5.73 Å². The van der Waals surface area contributed by atoms with Gasteiger partial charge in [-0.1, -0.05) is 11.6 Å². The van der Waals surface area contributed by atoms with Crippen molar-refractivity contribution in [2.75, 3.05) is 0 Å². The van der Waals surface area contributed by atoms with Crippen LogP contribution in [-0.2, 0) is 6.54 Å². The highest BCUT2D eigenvalue weighted by Gasteiger charge is 2.08. The van der Waals surface area contributed by atoms with E-state index in [0.717, 1.165) is 5.56 Å². The second-order valence-electron chi connectivity index (χ2n) is 3.05. The number of benzene rings is 1. The maximum Gasteiger partial charge on any atom is 0.137 e. The molecule has 1 aromatic carbocycles. The largest absolute Gasteiger partial charge is 0.326 e. The van der Waals surface area contributed by atoms with Gasteiger partial charge in [-0.05, 0) is 24.3 Å². The summed E-state index contributed by atoms with van der Waals surface area (Å²) in [6, 6.07) is 5.92. The topological polar surface area (TPSA) is 43.8 Å². The number of aromatic nitrogens is 2. The molecule has 0 saturated heterocycles. The van der Waals surface area contributed by atoms with Crippen LogP contribution >= 0.6 is 11.6 Å². The normalized spacial score (nSPS) is 10.6. The third-order valence-corrected chi connectivity index (χ3v) is 2.47. The van der Waals surface area contributed by atoms with E-state index < -0.39 is 0 Å². The van der Waals surface area contributed by atoms with Crippen molar-refractivity contribution in [3.05, 3.63) is 47.0 Å². The van der Waals surface area contributed by atoms with E-state index >= 15 is 0 Å². The molecule has 3 nitrogen and oxygen atoms in total. The molecule has 1 heterocycles. The summed E-state index contributed by atoms with van der Waals surface area (Å²) < 4.78 is 14.2. The highest BCUT2D eigenvalue weighted by Crippen LogP contribution is 2.19. The first-order valence-electron chi connectivity index (χ1n) is 4.41. The van der Waals surface area contributed by atoms with Gasteiger partial charge in [0.25, 0.3) is 0 Å². The Morgan fingerprint density at radius 3 is 2.53 bits per heavy atom. The van der Waals surface area contributed by atoms with Crippen molar-refractivity contribution in [1.82, 2.24) is 9.78 Å². The van der Waals surface area contributed by atoms with E-state index in [4.69, 9.17) is 17.3 Å². The van der Waals surface area contributed by atoms with Crippen LogP contribution in [0.2, 0.25) is 5.15 Å². The van der Waals surface area contributed by atoms with Crippen molar-refractivity contribution in [3.8, 4) is 5.69 Å². The summed E-state index contributed by atoms with van der Waals surface area (Å²) in [5, 5.41) is 4.53. The molecule has 0 aliphatic heterocycles. The average Bonchev–Trinajstić information content (AvgIpc) is 2.61. The molecule has 0 saturated carbocycles. The first kappa shape index (κ1) is 10.1. The molecule has 2 aromatic rings. The van der Waals surface area contributed by atoms with Crippen molar-refractivity contribution < 1.29 is 4.39 Å². The molecule has 2 N–H and O–H groups in total. The Hall–Kier alpha value is -1.39. The lowest BCUT2D eigenvalue weighted by Gasteiger charge is -2.02. The van der Waals surface area contributed by atoms with Crippen molar-refractivity contribution in [2.45, 2.75) is 6.54 Å². The summed E-state index contributed by atoms with van der Waals surface area (Å²) in [7, 11) is 0. The van der Waals surface area contributed by atoms with Crippen molar-refractivity contribution in [2.24, 2.45) is 5.73 Å². The second kappa shape index (κ2) is 4.00. The Bertz CT molecular complexity index is 464. The third-order valence-electron chi connectivity index (χ3n) is 2.07. The summed E-state index contributed by atoms with van der Waals surface area (Å²) in [6.07, 6.45) is 1.60. The van der Waals surface area contributed by atoms with Crippen LogP contribution in [0.3, 0.4) is 0 Å². The smallest absolute Gasteiger partial charge is 0.137 e. The maximum atomic E-state index is 12.7. The molecule has 0 aliphatic rings. The van der Waals surface area contributed by atoms with Gasteiger partial charge in [-0.2, -0.15) is 5.10 Å². The highest BCUT2D eigenvalue weighted by molar-refractivity contribution is 6.30. The van der Waals surface area contributed by atoms with Crippen molar-refractivity contribution >= 4 is 11.6 Å². The number of nitrogens with zero attached hydrogens (tertiary/aromatic N) is 2. The van der Waals surface area contributed by atoms with Crippen LogP contribution in [0.15, 0.2) is 30.5 Å². The fraction of sp³-hybridized carbons (Fsp3) is 0.100. The van der Waals surface area contributed by atoms with Crippen molar-refractivity contribution in [1.29, 1.82) is 0 Å². The molecule has 78 valence electrons. The lowest BCUT2D eigenvalue weighted by atomic mass is 10.3.